The van der Waals surface area contributed by atoms with Gasteiger partial charge in [-0.1, -0.05) is 38.1 Å². The van der Waals surface area contributed by atoms with Crippen LogP contribution in [-0.4, -0.2) is 32.0 Å². The van der Waals surface area contributed by atoms with Crippen molar-refractivity contribution in [3.8, 4) is 0 Å². The summed E-state index contributed by atoms with van der Waals surface area (Å²) in [5.41, 5.74) is 1.92. The highest BCUT2D eigenvalue weighted by molar-refractivity contribution is 5.96. The summed E-state index contributed by atoms with van der Waals surface area (Å²) in [5.74, 6) is 0.217. The molecule has 0 aliphatic heterocycles. The molecule has 146 valence electrons. The van der Waals surface area contributed by atoms with Crippen LogP contribution in [0.2, 0.25) is 0 Å². The van der Waals surface area contributed by atoms with Gasteiger partial charge in [0, 0.05) is 33.9 Å². The molecule has 3 aromatic rings. The Hall–Kier alpha value is -3.22. The molecule has 2 heterocycles. The fourth-order valence-electron chi connectivity index (χ4n) is 3.16. The first-order chi connectivity index (χ1) is 13.2. The zero-order chi connectivity index (χ0) is 20.6. The molecular weight excluding hydrogens is 356 g/mol. The van der Waals surface area contributed by atoms with Crippen molar-refractivity contribution < 1.29 is 4.79 Å². The molecule has 1 amide bonds. The second-order valence-corrected chi connectivity index (χ2v) is 7.36. The van der Waals surface area contributed by atoms with Crippen molar-refractivity contribution in [2.45, 2.75) is 26.3 Å². The molecule has 0 bridgehead atoms. The second-order valence-electron chi connectivity index (χ2n) is 7.36. The molecule has 0 saturated carbocycles. The molecule has 0 N–H and O–H groups in total. The number of benzene rings is 1. The van der Waals surface area contributed by atoms with Gasteiger partial charge in [-0.15, -0.1) is 0 Å². The van der Waals surface area contributed by atoms with Crippen LogP contribution < -0.4 is 11.2 Å². The molecule has 1 aromatic carbocycles. The Morgan fingerprint density at radius 1 is 1.11 bits per heavy atom. The first kappa shape index (κ1) is 19.5. The lowest BCUT2D eigenvalue weighted by molar-refractivity contribution is 0.0785. The van der Waals surface area contributed by atoms with Gasteiger partial charge in [-0.25, -0.2) is 9.78 Å². The standard InChI is InChI=1S/C21H24N4O3/c1-13(2)15-8-6-14(7-9-15)12-23(3)19(26)16-10-17-18(22-11-16)24(4)21(28)25(5)20(17)27/h6-11,13H,12H2,1-5H3. The first-order valence-corrected chi connectivity index (χ1v) is 9.10. The van der Waals surface area contributed by atoms with Crippen LogP contribution in [0, 0.1) is 0 Å². The highest BCUT2D eigenvalue weighted by Crippen LogP contribution is 2.16. The van der Waals surface area contributed by atoms with E-state index in [0.29, 0.717) is 18.0 Å². The summed E-state index contributed by atoms with van der Waals surface area (Å²) in [4.78, 5) is 43.0. The van der Waals surface area contributed by atoms with Crippen LogP contribution in [0.1, 0.15) is 41.3 Å². The van der Waals surface area contributed by atoms with Crippen molar-refractivity contribution in [3.63, 3.8) is 0 Å². The van der Waals surface area contributed by atoms with E-state index in [4.69, 9.17) is 0 Å². The van der Waals surface area contributed by atoms with Gasteiger partial charge in [-0.2, -0.15) is 0 Å². The molecular formula is C21H24N4O3. The third-order valence-electron chi connectivity index (χ3n) is 4.95. The summed E-state index contributed by atoms with van der Waals surface area (Å²) in [7, 11) is 4.67. The highest BCUT2D eigenvalue weighted by atomic mass is 16.2. The number of rotatable bonds is 4. The molecule has 0 aliphatic rings. The Morgan fingerprint density at radius 3 is 2.36 bits per heavy atom. The predicted octanol–water partition coefficient (Wildman–Crippen LogP) is 2.03. The van der Waals surface area contributed by atoms with Crippen LogP contribution in [0.3, 0.4) is 0 Å². The van der Waals surface area contributed by atoms with E-state index in [2.05, 4.69) is 31.0 Å². The first-order valence-electron chi connectivity index (χ1n) is 9.10. The number of carbonyl (C=O) groups excluding carboxylic acids is 1. The van der Waals surface area contributed by atoms with Crippen LogP contribution in [0.15, 0.2) is 46.1 Å². The van der Waals surface area contributed by atoms with Crippen LogP contribution in [0.25, 0.3) is 11.0 Å². The van der Waals surface area contributed by atoms with Crippen LogP contribution in [0.5, 0.6) is 0 Å². The van der Waals surface area contributed by atoms with E-state index >= 15 is 0 Å². The number of aromatic nitrogens is 3. The molecule has 0 saturated heterocycles. The van der Waals surface area contributed by atoms with E-state index < -0.39 is 11.2 Å². The van der Waals surface area contributed by atoms with Gasteiger partial charge in [0.2, 0.25) is 0 Å². The SMILES string of the molecule is CC(C)c1ccc(CN(C)C(=O)c2cnc3c(c2)c(=O)n(C)c(=O)n3C)cc1. The zero-order valence-electron chi connectivity index (χ0n) is 16.8. The second kappa shape index (κ2) is 7.42. The lowest BCUT2D eigenvalue weighted by Crippen LogP contribution is -2.37. The number of aryl methyl sites for hydroxylation is 1. The molecule has 7 heteroatoms. The summed E-state index contributed by atoms with van der Waals surface area (Å²) in [5, 5.41) is 0.241. The maximum atomic E-state index is 12.8. The molecule has 0 radical (unpaired) electrons. The fourth-order valence-corrected chi connectivity index (χ4v) is 3.16. The third kappa shape index (κ3) is 3.47. The maximum Gasteiger partial charge on any atom is 0.332 e. The van der Waals surface area contributed by atoms with Crippen molar-refractivity contribution in [2.75, 3.05) is 7.05 Å². The number of pyridine rings is 1. The van der Waals surface area contributed by atoms with E-state index in [0.717, 1.165) is 10.1 Å². The van der Waals surface area contributed by atoms with Gasteiger partial charge in [0.15, 0.2) is 0 Å². The number of fused-ring (bicyclic) bond motifs is 1. The van der Waals surface area contributed by atoms with Gasteiger partial charge in [0.05, 0.1) is 10.9 Å². The third-order valence-corrected chi connectivity index (χ3v) is 4.95. The van der Waals surface area contributed by atoms with Crippen LogP contribution in [0.4, 0.5) is 0 Å². The van der Waals surface area contributed by atoms with Gasteiger partial charge >= 0.3 is 5.69 Å². The summed E-state index contributed by atoms with van der Waals surface area (Å²) in [6, 6.07) is 9.68. The molecule has 0 fully saturated rings. The topological polar surface area (TPSA) is 77.2 Å². The van der Waals surface area contributed by atoms with Gasteiger partial charge in [0.1, 0.15) is 5.65 Å². The number of nitrogens with zero attached hydrogens (tertiary/aromatic N) is 4. The minimum atomic E-state index is -0.466. The molecule has 7 nitrogen and oxygen atoms in total. The molecule has 0 atom stereocenters. The van der Waals surface area contributed by atoms with Gasteiger partial charge < -0.3 is 4.90 Å². The summed E-state index contributed by atoms with van der Waals surface area (Å²) in [6.07, 6.45) is 1.40. The fraction of sp³-hybridized carbons (Fsp3) is 0.333. The van der Waals surface area contributed by atoms with Gasteiger partial charge in [0.25, 0.3) is 11.5 Å². The van der Waals surface area contributed by atoms with Crippen molar-refractivity contribution in [3.05, 3.63) is 74.1 Å². The summed E-state index contributed by atoms with van der Waals surface area (Å²) >= 11 is 0. The molecule has 0 unspecified atom stereocenters. The quantitative estimate of drug-likeness (QED) is 0.694. The number of hydrogen-bond acceptors (Lipinski definition) is 4. The molecule has 0 spiro atoms. The molecule has 3 rings (SSSR count). The van der Waals surface area contributed by atoms with E-state index in [-0.39, 0.29) is 16.9 Å². The number of carbonyl (C=O) groups is 1. The van der Waals surface area contributed by atoms with Crippen molar-refractivity contribution >= 4 is 16.9 Å². The van der Waals surface area contributed by atoms with E-state index in [9.17, 15) is 14.4 Å². The Balaban J connectivity index is 1.90. The highest BCUT2D eigenvalue weighted by Gasteiger charge is 2.16. The monoisotopic (exact) mass is 380 g/mol. The van der Waals surface area contributed by atoms with Crippen molar-refractivity contribution in [1.29, 1.82) is 0 Å². The van der Waals surface area contributed by atoms with Crippen LogP contribution >= 0.6 is 0 Å². The smallest absolute Gasteiger partial charge is 0.332 e. The molecule has 2 aromatic heterocycles. The minimum Gasteiger partial charge on any atom is -0.337 e. The van der Waals surface area contributed by atoms with Gasteiger partial charge in [-0.05, 0) is 23.1 Å². The van der Waals surface area contributed by atoms with Crippen molar-refractivity contribution in [2.24, 2.45) is 14.1 Å². The zero-order valence-corrected chi connectivity index (χ0v) is 16.8. The average Bonchev–Trinajstić information content (AvgIpc) is 2.70. The van der Waals surface area contributed by atoms with E-state index in [1.54, 1.807) is 19.0 Å². The normalized spacial score (nSPS) is 11.2. The number of amides is 1. The lowest BCUT2D eigenvalue weighted by atomic mass is 10.0. The largest absolute Gasteiger partial charge is 0.337 e. The average molecular weight is 380 g/mol. The van der Waals surface area contributed by atoms with E-state index in [1.807, 2.05) is 12.1 Å². The van der Waals surface area contributed by atoms with E-state index in [1.165, 1.54) is 29.4 Å². The minimum absolute atomic E-state index is 0.238. The summed E-state index contributed by atoms with van der Waals surface area (Å²) < 4.78 is 2.31. The summed E-state index contributed by atoms with van der Waals surface area (Å²) in [6.45, 7) is 4.72. The Morgan fingerprint density at radius 2 is 1.75 bits per heavy atom. The molecule has 0 aliphatic carbocycles. The Labute approximate surface area is 162 Å². The molecule has 28 heavy (non-hydrogen) atoms. The van der Waals surface area contributed by atoms with Crippen LogP contribution in [-0.2, 0) is 20.6 Å². The van der Waals surface area contributed by atoms with Crippen molar-refractivity contribution in [1.82, 2.24) is 19.0 Å². The van der Waals surface area contributed by atoms with Gasteiger partial charge in [-0.3, -0.25) is 18.7 Å². The number of hydrogen-bond donors (Lipinski definition) is 0. The Bertz CT molecular complexity index is 1160. The Kier molecular flexibility index (Phi) is 5.18. The lowest BCUT2D eigenvalue weighted by Gasteiger charge is -2.18. The predicted molar refractivity (Wildman–Crippen MR) is 109 cm³/mol. The maximum absolute atomic E-state index is 12.8.